The molecule has 0 unspecified atom stereocenters. The number of likely N-dealkylation sites (tertiary alicyclic amines) is 1. The van der Waals surface area contributed by atoms with Crippen LogP contribution in [0.25, 0.3) is 0 Å². The van der Waals surface area contributed by atoms with Crippen LogP contribution in [-0.2, 0) is 9.59 Å². The lowest BCUT2D eigenvalue weighted by Crippen LogP contribution is -2.48. The number of carbonyl (C=O) groups excluding carboxylic acids is 2. The van der Waals surface area contributed by atoms with Crippen molar-refractivity contribution in [2.45, 2.75) is 57.8 Å². The van der Waals surface area contributed by atoms with Crippen molar-refractivity contribution in [3.05, 3.63) is 0 Å². The van der Waals surface area contributed by atoms with Gasteiger partial charge in [-0.05, 0) is 37.6 Å². The molecule has 1 aliphatic heterocycles. The van der Waals surface area contributed by atoms with Crippen LogP contribution >= 0.6 is 0 Å². The molecule has 0 aromatic heterocycles. The van der Waals surface area contributed by atoms with Crippen molar-refractivity contribution in [3.63, 3.8) is 0 Å². The molecule has 1 saturated heterocycles. The monoisotopic (exact) mass is 252 g/mol. The Kier molecular flexibility index (Phi) is 4.38. The molecule has 0 aromatic carbocycles. The van der Waals surface area contributed by atoms with Crippen LogP contribution in [0.5, 0.6) is 0 Å². The lowest BCUT2D eigenvalue weighted by atomic mass is 9.67. The Labute approximate surface area is 109 Å². The Bertz CT molecular complexity index is 302. The van der Waals surface area contributed by atoms with Gasteiger partial charge in [-0.3, -0.25) is 14.5 Å². The van der Waals surface area contributed by atoms with E-state index in [0.717, 1.165) is 25.7 Å². The van der Waals surface area contributed by atoms with Gasteiger partial charge in [0.2, 0.25) is 11.8 Å². The number of hydrogen-bond donors (Lipinski definition) is 1. The molecular weight excluding hydrogens is 228 g/mol. The first-order valence-corrected chi connectivity index (χ1v) is 7.20. The second-order valence-corrected chi connectivity index (χ2v) is 5.85. The standard InChI is InChI=1S/C14H24N2O2/c15-8-4-5-9-16-12(17)10-14(11-13(16)18)6-2-1-3-7-14/h1-11,15H2. The van der Waals surface area contributed by atoms with Crippen LogP contribution in [0.2, 0.25) is 0 Å². The predicted molar refractivity (Wildman–Crippen MR) is 69.8 cm³/mol. The summed E-state index contributed by atoms with van der Waals surface area (Å²) < 4.78 is 0. The van der Waals surface area contributed by atoms with Gasteiger partial charge < -0.3 is 5.73 Å². The van der Waals surface area contributed by atoms with Gasteiger partial charge in [-0.2, -0.15) is 0 Å². The lowest BCUT2D eigenvalue weighted by molar-refractivity contribution is -0.154. The van der Waals surface area contributed by atoms with Gasteiger partial charge in [0, 0.05) is 19.4 Å². The fourth-order valence-corrected chi connectivity index (χ4v) is 3.35. The summed E-state index contributed by atoms with van der Waals surface area (Å²) in [7, 11) is 0. The number of hydrogen-bond acceptors (Lipinski definition) is 3. The SMILES string of the molecule is NCCCCN1C(=O)CC2(CCCCC2)CC1=O. The molecule has 0 aromatic rings. The molecule has 1 saturated carbocycles. The quantitative estimate of drug-likeness (QED) is 0.613. The van der Waals surface area contributed by atoms with Gasteiger partial charge >= 0.3 is 0 Å². The molecule has 102 valence electrons. The smallest absolute Gasteiger partial charge is 0.229 e. The topological polar surface area (TPSA) is 63.4 Å². The van der Waals surface area contributed by atoms with E-state index in [4.69, 9.17) is 5.73 Å². The molecular formula is C14H24N2O2. The number of imide groups is 1. The van der Waals surface area contributed by atoms with Crippen molar-refractivity contribution in [1.29, 1.82) is 0 Å². The molecule has 0 bridgehead atoms. The van der Waals surface area contributed by atoms with E-state index in [1.54, 1.807) is 0 Å². The van der Waals surface area contributed by atoms with Crippen LogP contribution in [0, 0.1) is 5.41 Å². The van der Waals surface area contributed by atoms with Gasteiger partial charge in [0.15, 0.2) is 0 Å². The average Bonchev–Trinajstić information content (AvgIpc) is 2.34. The summed E-state index contributed by atoms with van der Waals surface area (Å²) in [5.74, 6) is 0.0929. The average molecular weight is 252 g/mol. The van der Waals surface area contributed by atoms with E-state index in [9.17, 15) is 9.59 Å². The highest BCUT2D eigenvalue weighted by Gasteiger charge is 2.43. The molecule has 18 heavy (non-hydrogen) atoms. The van der Waals surface area contributed by atoms with Crippen molar-refractivity contribution in [2.24, 2.45) is 11.1 Å². The molecule has 2 amide bonds. The zero-order valence-electron chi connectivity index (χ0n) is 11.1. The summed E-state index contributed by atoms with van der Waals surface area (Å²) in [5, 5.41) is 0. The zero-order valence-corrected chi connectivity index (χ0v) is 11.1. The molecule has 2 fully saturated rings. The Balaban J connectivity index is 1.94. The van der Waals surface area contributed by atoms with Crippen molar-refractivity contribution in [3.8, 4) is 0 Å². The lowest BCUT2D eigenvalue weighted by Gasteiger charge is -2.42. The Hall–Kier alpha value is -0.900. The normalized spacial score (nSPS) is 23.7. The van der Waals surface area contributed by atoms with Crippen LogP contribution < -0.4 is 5.73 Å². The number of rotatable bonds is 4. The van der Waals surface area contributed by atoms with Gasteiger partial charge in [0.1, 0.15) is 0 Å². The minimum Gasteiger partial charge on any atom is -0.330 e. The van der Waals surface area contributed by atoms with E-state index in [-0.39, 0.29) is 17.2 Å². The summed E-state index contributed by atoms with van der Waals surface area (Å²) in [4.78, 5) is 25.8. The van der Waals surface area contributed by atoms with Crippen LogP contribution in [-0.4, -0.2) is 29.8 Å². The van der Waals surface area contributed by atoms with Crippen LogP contribution in [0.3, 0.4) is 0 Å². The fraction of sp³-hybridized carbons (Fsp3) is 0.857. The Morgan fingerprint density at radius 2 is 1.61 bits per heavy atom. The van der Waals surface area contributed by atoms with Crippen LogP contribution in [0.4, 0.5) is 0 Å². The maximum absolute atomic E-state index is 12.1. The minimum atomic E-state index is 0.0107. The molecule has 1 spiro atoms. The third kappa shape index (κ3) is 2.91. The molecule has 4 nitrogen and oxygen atoms in total. The molecule has 2 aliphatic rings. The summed E-state index contributed by atoms with van der Waals surface area (Å²) in [6, 6.07) is 0. The Morgan fingerprint density at radius 3 is 2.17 bits per heavy atom. The number of amides is 2. The molecule has 2 N–H and O–H groups in total. The summed E-state index contributed by atoms with van der Waals surface area (Å²) in [6.07, 6.45) is 8.60. The van der Waals surface area contributed by atoms with E-state index in [0.29, 0.717) is 25.9 Å². The highest BCUT2D eigenvalue weighted by molar-refractivity contribution is 5.98. The molecule has 2 rings (SSSR count). The van der Waals surface area contributed by atoms with E-state index in [1.807, 2.05) is 0 Å². The van der Waals surface area contributed by atoms with E-state index in [1.165, 1.54) is 24.2 Å². The van der Waals surface area contributed by atoms with Crippen molar-refractivity contribution in [1.82, 2.24) is 4.90 Å². The van der Waals surface area contributed by atoms with Crippen molar-refractivity contribution < 1.29 is 9.59 Å². The molecule has 4 heteroatoms. The highest BCUT2D eigenvalue weighted by atomic mass is 16.2. The molecule has 1 heterocycles. The number of nitrogens with zero attached hydrogens (tertiary/aromatic N) is 1. The molecule has 1 aliphatic carbocycles. The summed E-state index contributed by atoms with van der Waals surface area (Å²) in [5.41, 5.74) is 5.45. The second kappa shape index (κ2) is 5.83. The third-order valence-electron chi connectivity index (χ3n) is 4.40. The predicted octanol–water partition coefficient (Wildman–Crippen LogP) is 1.82. The van der Waals surface area contributed by atoms with Gasteiger partial charge in [0.05, 0.1) is 0 Å². The molecule has 0 atom stereocenters. The summed E-state index contributed by atoms with van der Waals surface area (Å²) in [6.45, 7) is 1.19. The fourth-order valence-electron chi connectivity index (χ4n) is 3.35. The first kappa shape index (κ1) is 13.5. The largest absolute Gasteiger partial charge is 0.330 e. The molecule has 0 radical (unpaired) electrons. The Morgan fingerprint density at radius 1 is 1.00 bits per heavy atom. The number of carbonyl (C=O) groups is 2. The van der Waals surface area contributed by atoms with Crippen LogP contribution in [0.15, 0.2) is 0 Å². The summed E-state index contributed by atoms with van der Waals surface area (Å²) >= 11 is 0. The second-order valence-electron chi connectivity index (χ2n) is 5.85. The first-order valence-electron chi connectivity index (χ1n) is 7.20. The minimum absolute atomic E-state index is 0.0107. The van der Waals surface area contributed by atoms with Gasteiger partial charge in [-0.1, -0.05) is 19.3 Å². The number of piperidine rings is 1. The van der Waals surface area contributed by atoms with Crippen molar-refractivity contribution >= 4 is 11.8 Å². The van der Waals surface area contributed by atoms with E-state index < -0.39 is 0 Å². The van der Waals surface area contributed by atoms with Crippen molar-refractivity contribution in [2.75, 3.05) is 13.1 Å². The van der Waals surface area contributed by atoms with Gasteiger partial charge in [0.25, 0.3) is 0 Å². The van der Waals surface area contributed by atoms with Gasteiger partial charge in [-0.15, -0.1) is 0 Å². The first-order chi connectivity index (χ1) is 8.67. The third-order valence-corrected chi connectivity index (χ3v) is 4.40. The van der Waals surface area contributed by atoms with Gasteiger partial charge in [-0.25, -0.2) is 0 Å². The number of nitrogens with two attached hydrogens (primary N) is 1. The van der Waals surface area contributed by atoms with E-state index in [2.05, 4.69) is 0 Å². The highest BCUT2D eigenvalue weighted by Crippen LogP contribution is 2.45. The van der Waals surface area contributed by atoms with Crippen LogP contribution in [0.1, 0.15) is 57.8 Å². The maximum Gasteiger partial charge on any atom is 0.229 e. The zero-order chi connectivity index (χ0) is 13.0. The van der Waals surface area contributed by atoms with E-state index >= 15 is 0 Å². The number of unbranched alkanes of at least 4 members (excludes halogenated alkanes) is 1. The maximum atomic E-state index is 12.1.